The lowest BCUT2D eigenvalue weighted by molar-refractivity contribution is 0.0858. The van der Waals surface area contributed by atoms with Crippen LogP contribution in [0.4, 0.5) is 0 Å². The minimum atomic E-state index is -0.307. The van der Waals surface area contributed by atoms with Crippen molar-refractivity contribution < 1.29 is 4.79 Å². The first-order valence-electron chi connectivity index (χ1n) is 5.23. The van der Waals surface area contributed by atoms with Crippen molar-refractivity contribution in [3.8, 4) is 0 Å². The van der Waals surface area contributed by atoms with E-state index >= 15 is 0 Å². The van der Waals surface area contributed by atoms with Crippen molar-refractivity contribution in [2.45, 2.75) is 27.3 Å². The SMILES string of the molecule is CNCc1cccc(C(=O)C(C)(C)C)c1. The molecule has 2 heteroatoms. The Labute approximate surface area is 91.7 Å². The Kier molecular flexibility index (Phi) is 3.64. The lowest BCUT2D eigenvalue weighted by Gasteiger charge is -2.17. The maximum atomic E-state index is 12.0. The van der Waals surface area contributed by atoms with E-state index < -0.39 is 0 Å². The minimum Gasteiger partial charge on any atom is -0.316 e. The quantitative estimate of drug-likeness (QED) is 0.769. The van der Waals surface area contributed by atoms with E-state index in [0.29, 0.717) is 0 Å². The predicted molar refractivity (Wildman–Crippen MR) is 63.0 cm³/mol. The van der Waals surface area contributed by atoms with E-state index in [1.807, 2.05) is 52.1 Å². The zero-order chi connectivity index (χ0) is 11.5. The van der Waals surface area contributed by atoms with Gasteiger partial charge in [-0.2, -0.15) is 0 Å². The van der Waals surface area contributed by atoms with Gasteiger partial charge < -0.3 is 5.32 Å². The summed E-state index contributed by atoms with van der Waals surface area (Å²) in [5, 5.41) is 3.08. The second kappa shape index (κ2) is 4.58. The number of hydrogen-bond acceptors (Lipinski definition) is 2. The van der Waals surface area contributed by atoms with E-state index in [0.717, 1.165) is 17.7 Å². The summed E-state index contributed by atoms with van der Waals surface area (Å²) in [6.07, 6.45) is 0. The molecule has 0 bridgehead atoms. The third kappa shape index (κ3) is 3.17. The van der Waals surface area contributed by atoms with Gasteiger partial charge in [-0.25, -0.2) is 0 Å². The molecule has 0 spiro atoms. The second-order valence-electron chi connectivity index (χ2n) is 4.81. The van der Waals surface area contributed by atoms with Crippen LogP contribution in [0.5, 0.6) is 0 Å². The van der Waals surface area contributed by atoms with Gasteiger partial charge in [-0.15, -0.1) is 0 Å². The molecule has 1 aromatic carbocycles. The summed E-state index contributed by atoms with van der Waals surface area (Å²) in [5.41, 5.74) is 1.64. The Bertz CT molecular complexity index is 350. The Morgan fingerprint density at radius 1 is 1.33 bits per heavy atom. The summed E-state index contributed by atoms with van der Waals surface area (Å²) in [6, 6.07) is 7.80. The van der Waals surface area contributed by atoms with Crippen LogP contribution in [-0.4, -0.2) is 12.8 Å². The molecular formula is C13H19NO. The van der Waals surface area contributed by atoms with Crippen LogP contribution >= 0.6 is 0 Å². The molecule has 0 saturated heterocycles. The summed E-state index contributed by atoms with van der Waals surface area (Å²) in [5.74, 6) is 0.195. The highest BCUT2D eigenvalue weighted by Crippen LogP contribution is 2.21. The highest BCUT2D eigenvalue weighted by Gasteiger charge is 2.22. The number of ketones is 1. The molecule has 0 amide bonds. The average Bonchev–Trinajstić information content (AvgIpc) is 2.16. The van der Waals surface area contributed by atoms with Crippen molar-refractivity contribution in [1.82, 2.24) is 5.32 Å². The number of benzene rings is 1. The Morgan fingerprint density at radius 3 is 2.53 bits per heavy atom. The number of nitrogens with one attached hydrogen (secondary N) is 1. The van der Waals surface area contributed by atoms with Crippen LogP contribution in [0.1, 0.15) is 36.7 Å². The monoisotopic (exact) mass is 205 g/mol. The van der Waals surface area contributed by atoms with E-state index in [9.17, 15) is 4.79 Å². The molecule has 1 aromatic rings. The summed E-state index contributed by atoms with van der Waals surface area (Å²) >= 11 is 0. The van der Waals surface area contributed by atoms with Crippen LogP contribution in [0.15, 0.2) is 24.3 Å². The largest absolute Gasteiger partial charge is 0.316 e. The first kappa shape index (κ1) is 11.9. The second-order valence-corrected chi connectivity index (χ2v) is 4.81. The van der Waals surface area contributed by atoms with E-state index in [1.54, 1.807) is 0 Å². The summed E-state index contributed by atoms with van der Waals surface area (Å²) < 4.78 is 0. The maximum Gasteiger partial charge on any atom is 0.168 e. The molecule has 0 unspecified atom stereocenters. The zero-order valence-electron chi connectivity index (χ0n) is 9.92. The number of carbonyl (C=O) groups is 1. The average molecular weight is 205 g/mol. The first-order chi connectivity index (χ1) is 6.95. The molecule has 0 aliphatic heterocycles. The minimum absolute atomic E-state index is 0.195. The molecular weight excluding hydrogens is 186 g/mol. The van der Waals surface area contributed by atoms with Crippen LogP contribution in [0.3, 0.4) is 0 Å². The molecule has 82 valence electrons. The summed E-state index contributed by atoms with van der Waals surface area (Å²) in [4.78, 5) is 12.0. The number of hydrogen-bond donors (Lipinski definition) is 1. The van der Waals surface area contributed by atoms with Gasteiger partial charge in [0.1, 0.15) is 0 Å². The van der Waals surface area contributed by atoms with Gasteiger partial charge in [-0.05, 0) is 18.7 Å². The van der Waals surface area contributed by atoms with Gasteiger partial charge in [0.15, 0.2) is 5.78 Å². The fourth-order valence-electron chi connectivity index (χ4n) is 1.46. The van der Waals surface area contributed by atoms with Crippen LogP contribution in [0, 0.1) is 5.41 Å². The Balaban J connectivity index is 2.95. The highest BCUT2D eigenvalue weighted by molar-refractivity contribution is 5.99. The summed E-state index contributed by atoms with van der Waals surface area (Å²) in [6.45, 7) is 6.63. The Hall–Kier alpha value is -1.15. The third-order valence-corrected chi connectivity index (χ3v) is 2.25. The molecule has 0 heterocycles. The zero-order valence-corrected chi connectivity index (χ0v) is 9.92. The molecule has 0 aromatic heterocycles. The van der Waals surface area contributed by atoms with Gasteiger partial charge in [0.2, 0.25) is 0 Å². The van der Waals surface area contributed by atoms with Gasteiger partial charge in [0, 0.05) is 17.5 Å². The van der Waals surface area contributed by atoms with Crippen molar-refractivity contribution in [3.05, 3.63) is 35.4 Å². The number of carbonyl (C=O) groups excluding carboxylic acids is 1. The molecule has 1 N–H and O–H groups in total. The molecule has 0 radical (unpaired) electrons. The van der Waals surface area contributed by atoms with Crippen LogP contribution in [-0.2, 0) is 6.54 Å². The molecule has 2 nitrogen and oxygen atoms in total. The molecule has 0 aliphatic carbocycles. The molecule has 0 aliphatic rings. The van der Waals surface area contributed by atoms with Crippen molar-refractivity contribution in [3.63, 3.8) is 0 Å². The third-order valence-electron chi connectivity index (χ3n) is 2.25. The predicted octanol–water partition coefficient (Wildman–Crippen LogP) is 2.63. The number of rotatable bonds is 3. The lowest BCUT2D eigenvalue weighted by Crippen LogP contribution is -2.20. The molecule has 1 rings (SSSR count). The molecule has 0 saturated carbocycles. The van der Waals surface area contributed by atoms with Crippen LogP contribution in [0.2, 0.25) is 0 Å². The normalized spacial score (nSPS) is 11.5. The molecule has 15 heavy (non-hydrogen) atoms. The van der Waals surface area contributed by atoms with Crippen molar-refractivity contribution in [2.75, 3.05) is 7.05 Å². The van der Waals surface area contributed by atoms with E-state index in [1.165, 1.54) is 0 Å². The van der Waals surface area contributed by atoms with Gasteiger partial charge in [0.25, 0.3) is 0 Å². The van der Waals surface area contributed by atoms with Crippen molar-refractivity contribution in [2.24, 2.45) is 5.41 Å². The van der Waals surface area contributed by atoms with Crippen molar-refractivity contribution in [1.29, 1.82) is 0 Å². The van der Waals surface area contributed by atoms with Crippen LogP contribution < -0.4 is 5.32 Å². The van der Waals surface area contributed by atoms with E-state index in [4.69, 9.17) is 0 Å². The summed E-state index contributed by atoms with van der Waals surface area (Å²) in [7, 11) is 1.90. The Morgan fingerprint density at radius 2 is 2.00 bits per heavy atom. The van der Waals surface area contributed by atoms with E-state index in [-0.39, 0.29) is 11.2 Å². The van der Waals surface area contributed by atoms with Gasteiger partial charge in [0.05, 0.1) is 0 Å². The van der Waals surface area contributed by atoms with Gasteiger partial charge in [-0.1, -0.05) is 39.0 Å². The van der Waals surface area contributed by atoms with Gasteiger partial charge in [-0.3, -0.25) is 4.79 Å². The van der Waals surface area contributed by atoms with E-state index in [2.05, 4.69) is 5.32 Å². The van der Waals surface area contributed by atoms with Crippen molar-refractivity contribution >= 4 is 5.78 Å². The first-order valence-corrected chi connectivity index (χ1v) is 5.23. The fourth-order valence-corrected chi connectivity index (χ4v) is 1.46. The lowest BCUT2D eigenvalue weighted by atomic mass is 9.86. The standard InChI is InChI=1S/C13H19NO/c1-13(2,3)12(15)11-7-5-6-10(8-11)9-14-4/h5-8,14H,9H2,1-4H3. The molecule has 0 fully saturated rings. The number of Topliss-reactive ketones (excluding diaryl/α,β-unsaturated/α-hetero) is 1. The maximum absolute atomic E-state index is 12.0. The van der Waals surface area contributed by atoms with Crippen LogP contribution in [0.25, 0.3) is 0 Å². The molecule has 0 atom stereocenters. The van der Waals surface area contributed by atoms with Gasteiger partial charge >= 0.3 is 0 Å². The topological polar surface area (TPSA) is 29.1 Å². The fraction of sp³-hybridized carbons (Fsp3) is 0.462. The smallest absolute Gasteiger partial charge is 0.168 e. The highest BCUT2D eigenvalue weighted by atomic mass is 16.1.